The first kappa shape index (κ1) is 25.0. The number of nitro groups is 1. The SMILES string of the molecule is O=C(CCN1CCc2sccc2[C@@H]1c1cccc(F)c1)N1CCN(C(=O)c2ccc([N+](=O)[O-])cc2)CC1. The molecule has 1 atom stereocenters. The summed E-state index contributed by atoms with van der Waals surface area (Å²) in [5.41, 5.74) is 2.42. The summed E-state index contributed by atoms with van der Waals surface area (Å²) < 4.78 is 14.0. The van der Waals surface area contributed by atoms with Gasteiger partial charge in [-0.2, -0.15) is 0 Å². The zero-order chi connectivity index (χ0) is 25.9. The first-order valence-electron chi connectivity index (χ1n) is 12.3. The molecule has 0 radical (unpaired) electrons. The molecule has 5 rings (SSSR count). The third-order valence-electron chi connectivity index (χ3n) is 7.09. The molecule has 1 aromatic heterocycles. The number of thiophene rings is 1. The molecule has 0 aliphatic carbocycles. The van der Waals surface area contributed by atoms with Crippen LogP contribution in [-0.4, -0.2) is 70.7 Å². The highest BCUT2D eigenvalue weighted by Gasteiger charge is 2.31. The molecule has 0 N–H and O–H groups in total. The molecule has 2 amide bonds. The average molecular weight is 523 g/mol. The predicted octanol–water partition coefficient (Wildman–Crippen LogP) is 4.12. The topological polar surface area (TPSA) is 87.0 Å². The van der Waals surface area contributed by atoms with E-state index in [1.807, 2.05) is 6.07 Å². The van der Waals surface area contributed by atoms with Crippen molar-refractivity contribution in [3.05, 3.63) is 97.5 Å². The molecule has 192 valence electrons. The lowest BCUT2D eigenvalue weighted by Gasteiger charge is -2.38. The summed E-state index contributed by atoms with van der Waals surface area (Å²) in [5, 5.41) is 12.9. The van der Waals surface area contributed by atoms with Gasteiger partial charge in [0.25, 0.3) is 11.6 Å². The molecule has 10 heteroatoms. The summed E-state index contributed by atoms with van der Waals surface area (Å²) in [4.78, 5) is 43.2. The summed E-state index contributed by atoms with van der Waals surface area (Å²) in [6.45, 7) is 3.08. The van der Waals surface area contributed by atoms with E-state index in [9.17, 15) is 24.1 Å². The highest BCUT2D eigenvalue weighted by Crippen LogP contribution is 2.38. The van der Waals surface area contributed by atoms with Crippen LogP contribution >= 0.6 is 11.3 Å². The van der Waals surface area contributed by atoms with Crippen molar-refractivity contribution in [2.45, 2.75) is 18.9 Å². The third-order valence-corrected chi connectivity index (χ3v) is 8.08. The van der Waals surface area contributed by atoms with E-state index in [0.717, 1.165) is 18.5 Å². The number of carbonyl (C=O) groups excluding carboxylic acids is 2. The van der Waals surface area contributed by atoms with Crippen molar-refractivity contribution in [1.29, 1.82) is 0 Å². The van der Waals surface area contributed by atoms with Gasteiger partial charge in [0.15, 0.2) is 0 Å². The molecule has 8 nitrogen and oxygen atoms in total. The van der Waals surface area contributed by atoms with Gasteiger partial charge in [-0.3, -0.25) is 24.6 Å². The number of fused-ring (bicyclic) bond motifs is 1. The molecule has 0 spiro atoms. The van der Waals surface area contributed by atoms with E-state index < -0.39 is 4.92 Å². The van der Waals surface area contributed by atoms with E-state index in [1.54, 1.807) is 33.3 Å². The second-order valence-corrected chi connectivity index (χ2v) is 10.3. The van der Waals surface area contributed by atoms with E-state index in [1.165, 1.54) is 40.8 Å². The van der Waals surface area contributed by atoms with Crippen LogP contribution in [0.3, 0.4) is 0 Å². The predicted molar refractivity (Wildman–Crippen MR) is 138 cm³/mol. The Balaban J connectivity index is 1.18. The number of carbonyl (C=O) groups is 2. The molecule has 1 saturated heterocycles. The summed E-state index contributed by atoms with van der Waals surface area (Å²) in [7, 11) is 0. The number of hydrogen-bond acceptors (Lipinski definition) is 6. The molecule has 0 bridgehead atoms. The standard InChI is InChI=1S/C27H27FN4O4S/c28-21-3-1-2-20(18-21)26-23-10-17-37-24(23)8-11-30(26)12-9-25(33)29-13-15-31(16-14-29)27(34)19-4-6-22(7-5-19)32(35)36/h1-7,10,17-18,26H,8-9,11-16H2/t26-/m0/s1. The van der Waals surface area contributed by atoms with Crippen LogP contribution in [0.1, 0.15) is 38.8 Å². The van der Waals surface area contributed by atoms with Gasteiger partial charge >= 0.3 is 0 Å². The number of non-ortho nitro benzene ring substituents is 1. The summed E-state index contributed by atoms with van der Waals surface area (Å²) in [6.07, 6.45) is 1.26. The molecule has 1 fully saturated rings. The van der Waals surface area contributed by atoms with Crippen LogP contribution in [0.4, 0.5) is 10.1 Å². The number of halogens is 1. The van der Waals surface area contributed by atoms with Gasteiger partial charge in [-0.25, -0.2) is 4.39 Å². The molecule has 3 aromatic rings. The van der Waals surface area contributed by atoms with Crippen molar-refractivity contribution in [3.63, 3.8) is 0 Å². The van der Waals surface area contributed by atoms with Crippen LogP contribution in [0.5, 0.6) is 0 Å². The van der Waals surface area contributed by atoms with Gasteiger partial charge in [0.1, 0.15) is 5.82 Å². The molecular formula is C27H27FN4O4S. The number of nitrogens with zero attached hydrogens (tertiary/aromatic N) is 4. The minimum Gasteiger partial charge on any atom is -0.339 e. The minimum absolute atomic E-state index is 0.0385. The average Bonchev–Trinajstić information content (AvgIpc) is 3.40. The fourth-order valence-corrected chi connectivity index (χ4v) is 6.04. The second kappa shape index (κ2) is 10.8. The van der Waals surface area contributed by atoms with Gasteiger partial charge in [-0.1, -0.05) is 12.1 Å². The van der Waals surface area contributed by atoms with E-state index in [0.29, 0.717) is 44.7 Å². The van der Waals surface area contributed by atoms with Crippen molar-refractivity contribution >= 4 is 28.8 Å². The lowest BCUT2D eigenvalue weighted by Crippen LogP contribution is -2.51. The monoisotopic (exact) mass is 522 g/mol. The molecule has 2 aromatic carbocycles. The molecule has 2 aliphatic rings. The summed E-state index contributed by atoms with van der Waals surface area (Å²) in [6, 6.07) is 14.3. The number of rotatable bonds is 6. The molecule has 2 aliphatic heterocycles. The number of amides is 2. The number of benzene rings is 2. The molecule has 0 saturated carbocycles. The molecule has 0 unspecified atom stereocenters. The first-order valence-corrected chi connectivity index (χ1v) is 13.2. The van der Waals surface area contributed by atoms with Gasteiger partial charge in [-0.05, 0) is 53.3 Å². The van der Waals surface area contributed by atoms with Crippen molar-refractivity contribution in [2.75, 3.05) is 39.3 Å². The third kappa shape index (κ3) is 5.40. The van der Waals surface area contributed by atoms with Gasteiger partial charge in [0, 0.05) is 68.3 Å². The van der Waals surface area contributed by atoms with Crippen molar-refractivity contribution in [1.82, 2.24) is 14.7 Å². The summed E-state index contributed by atoms with van der Waals surface area (Å²) >= 11 is 1.72. The summed E-state index contributed by atoms with van der Waals surface area (Å²) in [5.74, 6) is -0.423. The zero-order valence-electron chi connectivity index (χ0n) is 20.2. The Bertz CT molecular complexity index is 1300. The number of piperazine rings is 1. The number of nitro benzene ring substituents is 1. The van der Waals surface area contributed by atoms with Gasteiger partial charge < -0.3 is 9.80 Å². The van der Waals surface area contributed by atoms with Crippen LogP contribution in [0.25, 0.3) is 0 Å². The molecule has 37 heavy (non-hydrogen) atoms. The van der Waals surface area contributed by atoms with Gasteiger partial charge in [0.05, 0.1) is 11.0 Å². The maximum Gasteiger partial charge on any atom is 0.269 e. The van der Waals surface area contributed by atoms with Crippen molar-refractivity contribution in [3.8, 4) is 0 Å². The Labute approximate surface area is 218 Å². The highest BCUT2D eigenvalue weighted by molar-refractivity contribution is 7.10. The van der Waals surface area contributed by atoms with Crippen LogP contribution in [0.15, 0.2) is 60.0 Å². The number of hydrogen-bond donors (Lipinski definition) is 0. The molecular weight excluding hydrogens is 495 g/mol. The van der Waals surface area contributed by atoms with Crippen molar-refractivity contribution in [2.24, 2.45) is 0 Å². The van der Waals surface area contributed by atoms with E-state index >= 15 is 0 Å². The van der Waals surface area contributed by atoms with E-state index in [4.69, 9.17) is 0 Å². The smallest absolute Gasteiger partial charge is 0.269 e. The van der Waals surface area contributed by atoms with Crippen molar-refractivity contribution < 1.29 is 18.9 Å². The Morgan fingerprint density at radius 2 is 1.73 bits per heavy atom. The lowest BCUT2D eigenvalue weighted by atomic mass is 9.93. The second-order valence-electron chi connectivity index (χ2n) is 9.27. The minimum atomic E-state index is -0.498. The largest absolute Gasteiger partial charge is 0.339 e. The fraction of sp³-hybridized carbons (Fsp3) is 0.333. The quantitative estimate of drug-likeness (QED) is 0.359. The Morgan fingerprint density at radius 3 is 2.43 bits per heavy atom. The van der Waals surface area contributed by atoms with Crippen LogP contribution < -0.4 is 0 Å². The maximum atomic E-state index is 14.0. The van der Waals surface area contributed by atoms with Crippen LogP contribution in [0, 0.1) is 15.9 Å². The zero-order valence-corrected chi connectivity index (χ0v) is 21.0. The lowest BCUT2D eigenvalue weighted by molar-refractivity contribution is -0.384. The maximum absolute atomic E-state index is 14.0. The Morgan fingerprint density at radius 1 is 1.00 bits per heavy atom. The first-order chi connectivity index (χ1) is 17.9. The Hall–Kier alpha value is -3.63. The highest BCUT2D eigenvalue weighted by atomic mass is 32.1. The van der Waals surface area contributed by atoms with Crippen LogP contribution in [-0.2, 0) is 11.2 Å². The normalized spacial score (nSPS) is 17.9. The Kier molecular flexibility index (Phi) is 7.29. The van der Waals surface area contributed by atoms with Crippen LogP contribution in [0.2, 0.25) is 0 Å². The van der Waals surface area contributed by atoms with Gasteiger partial charge in [-0.15, -0.1) is 11.3 Å². The van der Waals surface area contributed by atoms with E-state index in [-0.39, 0.29) is 29.4 Å². The molecule has 3 heterocycles. The van der Waals surface area contributed by atoms with E-state index in [2.05, 4.69) is 16.3 Å². The van der Waals surface area contributed by atoms with Gasteiger partial charge in [0.2, 0.25) is 5.91 Å². The fourth-order valence-electron chi connectivity index (χ4n) is 5.14.